The fraction of sp³-hybridized carbons (Fsp3) is 0.0667. The maximum atomic E-state index is 12.3. The Morgan fingerprint density at radius 3 is 2.48 bits per heavy atom. The molecule has 106 valence electrons. The van der Waals surface area contributed by atoms with Gasteiger partial charge in [0.1, 0.15) is 5.75 Å². The molecular weight excluding hydrogens is 283 g/mol. The summed E-state index contributed by atoms with van der Waals surface area (Å²) in [5.74, 6) is -0.503. The van der Waals surface area contributed by atoms with Crippen molar-refractivity contribution < 1.29 is 22.7 Å². The van der Waals surface area contributed by atoms with E-state index in [0.29, 0.717) is 23.0 Å². The molecule has 0 aliphatic carbocycles. The molecule has 0 radical (unpaired) electrons. The number of benzene rings is 2. The first-order chi connectivity index (χ1) is 9.93. The third-order valence-corrected chi connectivity index (χ3v) is 2.67. The molecule has 21 heavy (non-hydrogen) atoms. The number of aldehydes is 1. The van der Waals surface area contributed by atoms with Gasteiger partial charge in [-0.25, -0.2) is 0 Å². The molecule has 0 spiro atoms. The van der Waals surface area contributed by atoms with Crippen LogP contribution in [0.1, 0.15) is 15.9 Å². The zero-order chi connectivity index (χ0) is 15.5. The van der Waals surface area contributed by atoms with E-state index in [1.54, 1.807) is 24.3 Å². The van der Waals surface area contributed by atoms with Crippen LogP contribution in [0, 0.1) is 11.3 Å². The highest BCUT2D eigenvalue weighted by Gasteiger charge is 2.31. The molecule has 0 saturated heterocycles. The first-order valence-electron chi connectivity index (χ1n) is 5.78. The van der Waals surface area contributed by atoms with Crippen LogP contribution in [0.3, 0.4) is 0 Å². The summed E-state index contributed by atoms with van der Waals surface area (Å²) >= 11 is 0. The normalized spacial score (nSPS) is 10.8. The zero-order valence-electron chi connectivity index (χ0n) is 10.5. The SMILES string of the molecule is N#Cc1cc(OC(F)(F)F)cc(-c2ccccc2C=O)c1. The molecule has 0 aliphatic heterocycles. The number of carbonyl (C=O) groups excluding carboxylic acids is 1. The van der Waals surface area contributed by atoms with Crippen LogP contribution in [0.5, 0.6) is 5.75 Å². The molecule has 0 aliphatic rings. The summed E-state index contributed by atoms with van der Waals surface area (Å²) in [6.07, 6.45) is -4.26. The van der Waals surface area contributed by atoms with Crippen molar-refractivity contribution in [1.82, 2.24) is 0 Å². The Morgan fingerprint density at radius 1 is 1.14 bits per heavy atom. The van der Waals surface area contributed by atoms with Crippen molar-refractivity contribution in [3.63, 3.8) is 0 Å². The molecule has 0 N–H and O–H groups in total. The van der Waals surface area contributed by atoms with Crippen LogP contribution < -0.4 is 4.74 Å². The molecule has 2 aromatic rings. The lowest BCUT2D eigenvalue weighted by atomic mass is 9.98. The van der Waals surface area contributed by atoms with Gasteiger partial charge in [0, 0.05) is 5.56 Å². The van der Waals surface area contributed by atoms with Gasteiger partial charge in [-0.2, -0.15) is 5.26 Å². The fourth-order valence-electron chi connectivity index (χ4n) is 1.87. The Hall–Kier alpha value is -2.81. The molecule has 0 unspecified atom stereocenters. The number of carbonyl (C=O) groups is 1. The minimum atomic E-state index is -4.85. The van der Waals surface area contributed by atoms with Crippen molar-refractivity contribution >= 4 is 6.29 Å². The molecule has 2 aromatic carbocycles. The molecule has 2 rings (SSSR count). The Balaban J connectivity index is 2.56. The van der Waals surface area contributed by atoms with Crippen LogP contribution in [0.25, 0.3) is 11.1 Å². The fourth-order valence-corrected chi connectivity index (χ4v) is 1.87. The van der Waals surface area contributed by atoms with Crippen LogP contribution in [0.4, 0.5) is 13.2 Å². The van der Waals surface area contributed by atoms with Gasteiger partial charge in [0.2, 0.25) is 0 Å². The molecule has 6 heteroatoms. The summed E-state index contributed by atoms with van der Waals surface area (Å²) in [5, 5.41) is 8.90. The highest BCUT2D eigenvalue weighted by Crippen LogP contribution is 2.30. The predicted octanol–water partition coefficient (Wildman–Crippen LogP) is 3.94. The van der Waals surface area contributed by atoms with Gasteiger partial charge in [-0.1, -0.05) is 24.3 Å². The monoisotopic (exact) mass is 291 g/mol. The number of ether oxygens (including phenoxy) is 1. The first kappa shape index (κ1) is 14.6. The second-order valence-corrected chi connectivity index (χ2v) is 4.11. The minimum absolute atomic E-state index is 0.00690. The van der Waals surface area contributed by atoms with E-state index in [4.69, 9.17) is 5.26 Å². The standard InChI is InChI=1S/C15H8F3NO2/c16-15(17,18)21-13-6-10(8-19)5-12(7-13)14-4-2-1-3-11(14)9-20/h1-7,9H. The Labute approximate surface area is 118 Å². The van der Waals surface area contributed by atoms with Gasteiger partial charge < -0.3 is 4.74 Å². The Kier molecular flexibility index (Phi) is 3.94. The van der Waals surface area contributed by atoms with Gasteiger partial charge in [0.25, 0.3) is 0 Å². The van der Waals surface area contributed by atoms with Crippen molar-refractivity contribution in [3.05, 3.63) is 53.6 Å². The van der Waals surface area contributed by atoms with Crippen LogP contribution in [0.15, 0.2) is 42.5 Å². The highest BCUT2D eigenvalue weighted by molar-refractivity contribution is 5.88. The number of rotatable bonds is 3. The summed E-state index contributed by atoms with van der Waals surface area (Å²) in [4.78, 5) is 11.0. The lowest BCUT2D eigenvalue weighted by Gasteiger charge is -2.11. The first-order valence-corrected chi connectivity index (χ1v) is 5.78. The van der Waals surface area contributed by atoms with Gasteiger partial charge in [-0.3, -0.25) is 4.79 Å². The molecule has 3 nitrogen and oxygen atoms in total. The molecule has 0 amide bonds. The lowest BCUT2D eigenvalue weighted by molar-refractivity contribution is -0.274. The van der Waals surface area contributed by atoms with E-state index in [2.05, 4.69) is 4.74 Å². The Bertz CT molecular complexity index is 718. The third kappa shape index (κ3) is 3.60. The quantitative estimate of drug-likeness (QED) is 0.805. The number of nitriles is 1. The number of alkyl halides is 3. The molecule has 0 saturated carbocycles. The number of nitrogens with zero attached hydrogens (tertiary/aromatic N) is 1. The van der Waals surface area contributed by atoms with E-state index >= 15 is 0 Å². The summed E-state index contributed by atoms with van der Waals surface area (Å²) in [7, 11) is 0. The topological polar surface area (TPSA) is 50.1 Å². The van der Waals surface area contributed by atoms with Gasteiger partial charge in [0.05, 0.1) is 11.6 Å². The zero-order valence-corrected chi connectivity index (χ0v) is 10.5. The van der Waals surface area contributed by atoms with E-state index in [1.165, 1.54) is 12.1 Å². The van der Waals surface area contributed by atoms with E-state index in [1.807, 2.05) is 0 Å². The highest BCUT2D eigenvalue weighted by atomic mass is 19.4. The average molecular weight is 291 g/mol. The van der Waals surface area contributed by atoms with E-state index in [9.17, 15) is 18.0 Å². The van der Waals surface area contributed by atoms with E-state index in [-0.39, 0.29) is 5.56 Å². The van der Waals surface area contributed by atoms with Crippen molar-refractivity contribution in [3.8, 4) is 22.9 Å². The smallest absolute Gasteiger partial charge is 0.406 e. The molecule has 0 atom stereocenters. The summed E-state index contributed by atoms with van der Waals surface area (Å²) in [5.41, 5.74) is 1.05. The van der Waals surface area contributed by atoms with Gasteiger partial charge in [-0.15, -0.1) is 13.2 Å². The van der Waals surface area contributed by atoms with Crippen molar-refractivity contribution in [2.45, 2.75) is 6.36 Å². The third-order valence-electron chi connectivity index (χ3n) is 2.67. The summed E-state index contributed by atoms with van der Waals surface area (Å²) < 4.78 is 40.7. The van der Waals surface area contributed by atoms with Crippen LogP contribution in [-0.4, -0.2) is 12.6 Å². The predicted molar refractivity (Wildman–Crippen MR) is 68.7 cm³/mol. The summed E-state index contributed by atoms with van der Waals surface area (Å²) in [6.45, 7) is 0. The Morgan fingerprint density at radius 2 is 1.86 bits per heavy atom. The molecule has 0 bridgehead atoms. The second-order valence-electron chi connectivity index (χ2n) is 4.11. The van der Waals surface area contributed by atoms with E-state index in [0.717, 1.165) is 12.1 Å². The number of hydrogen-bond acceptors (Lipinski definition) is 3. The summed E-state index contributed by atoms with van der Waals surface area (Å²) in [6, 6.07) is 11.7. The minimum Gasteiger partial charge on any atom is -0.406 e. The maximum Gasteiger partial charge on any atom is 0.573 e. The van der Waals surface area contributed by atoms with Crippen molar-refractivity contribution in [2.24, 2.45) is 0 Å². The van der Waals surface area contributed by atoms with Gasteiger partial charge >= 0.3 is 6.36 Å². The molecule has 0 aromatic heterocycles. The molecular formula is C15H8F3NO2. The molecule has 0 fully saturated rings. The average Bonchev–Trinajstić information content (AvgIpc) is 2.45. The van der Waals surface area contributed by atoms with Crippen LogP contribution >= 0.6 is 0 Å². The van der Waals surface area contributed by atoms with Crippen molar-refractivity contribution in [2.75, 3.05) is 0 Å². The van der Waals surface area contributed by atoms with Crippen molar-refractivity contribution in [1.29, 1.82) is 5.26 Å². The molecule has 0 heterocycles. The lowest BCUT2D eigenvalue weighted by Crippen LogP contribution is -2.17. The second kappa shape index (κ2) is 5.67. The van der Waals surface area contributed by atoms with Gasteiger partial charge in [0.15, 0.2) is 6.29 Å². The van der Waals surface area contributed by atoms with Gasteiger partial charge in [-0.05, 0) is 29.3 Å². The largest absolute Gasteiger partial charge is 0.573 e. The van der Waals surface area contributed by atoms with Crippen LogP contribution in [0.2, 0.25) is 0 Å². The van der Waals surface area contributed by atoms with Crippen LogP contribution in [-0.2, 0) is 0 Å². The number of hydrogen-bond donors (Lipinski definition) is 0. The van der Waals surface area contributed by atoms with E-state index < -0.39 is 12.1 Å². The number of halogens is 3. The maximum absolute atomic E-state index is 12.3.